The maximum Gasteiger partial charge on any atom is 0.259 e. The first-order valence-corrected chi connectivity index (χ1v) is 11.9. The first-order chi connectivity index (χ1) is 17.0. The quantitative estimate of drug-likeness (QED) is 0.544. The van der Waals surface area contributed by atoms with Gasteiger partial charge in [-0.1, -0.05) is 12.1 Å². The SMILES string of the molecule is Cc1ccc(Oc2ncccc2C(=O)N2CC[C@H]3[C@@H]2CCCC(=O)N3Cc2ccc(F)cc2)cn1. The molecule has 4 heterocycles. The van der Waals surface area contributed by atoms with Crippen molar-refractivity contribution >= 4 is 11.8 Å². The summed E-state index contributed by atoms with van der Waals surface area (Å²) in [7, 11) is 0. The van der Waals surface area contributed by atoms with Crippen LogP contribution in [0.5, 0.6) is 11.6 Å². The number of aromatic nitrogens is 2. The lowest BCUT2D eigenvalue weighted by Crippen LogP contribution is -2.47. The van der Waals surface area contributed by atoms with Crippen LogP contribution in [-0.4, -0.2) is 50.2 Å². The van der Waals surface area contributed by atoms with E-state index < -0.39 is 0 Å². The van der Waals surface area contributed by atoms with Gasteiger partial charge in [-0.25, -0.2) is 9.37 Å². The Morgan fingerprint density at radius 3 is 2.69 bits per heavy atom. The number of pyridine rings is 2. The van der Waals surface area contributed by atoms with Gasteiger partial charge in [0.05, 0.1) is 18.3 Å². The number of aryl methyl sites for hydroxylation is 1. The van der Waals surface area contributed by atoms with Crippen LogP contribution >= 0.6 is 0 Å². The standard InChI is InChI=1S/C27H27FN4O3/c1-18-7-12-21(16-30-18)35-26-22(4-3-14-29-26)27(34)31-15-13-24-23(31)5-2-6-25(33)32(24)17-19-8-10-20(28)11-9-19/h3-4,7-12,14,16,23-24H,2,5-6,13,15,17H2,1H3/t23-,24-/m0/s1. The minimum Gasteiger partial charge on any atom is -0.437 e. The van der Waals surface area contributed by atoms with E-state index >= 15 is 0 Å². The van der Waals surface area contributed by atoms with Gasteiger partial charge in [-0.2, -0.15) is 0 Å². The third kappa shape index (κ3) is 4.87. The fourth-order valence-electron chi connectivity index (χ4n) is 5.00. The molecule has 0 N–H and O–H groups in total. The van der Waals surface area contributed by atoms with Crippen LogP contribution in [0.2, 0.25) is 0 Å². The third-order valence-corrected chi connectivity index (χ3v) is 6.75. The molecule has 180 valence electrons. The Kier molecular flexibility index (Phi) is 6.44. The van der Waals surface area contributed by atoms with Gasteiger partial charge in [0.1, 0.15) is 17.1 Å². The zero-order valence-corrected chi connectivity index (χ0v) is 19.6. The Balaban J connectivity index is 1.38. The van der Waals surface area contributed by atoms with Gasteiger partial charge in [-0.15, -0.1) is 0 Å². The predicted molar refractivity (Wildman–Crippen MR) is 127 cm³/mol. The molecule has 2 amide bonds. The molecule has 0 radical (unpaired) electrons. The summed E-state index contributed by atoms with van der Waals surface area (Å²) in [5, 5.41) is 0. The lowest BCUT2D eigenvalue weighted by molar-refractivity contribution is -0.133. The number of hydrogen-bond donors (Lipinski definition) is 0. The normalized spacial score (nSPS) is 19.9. The van der Waals surface area contributed by atoms with E-state index in [-0.39, 0.29) is 35.6 Å². The molecule has 8 heteroatoms. The Morgan fingerprint density at radius 2 is 1.91 bits per heavy atom. The van der Waals surface area contributed by atoms with Crippen molar-refractivity contribution in [2.24, 2.45) is 0 Å². The van der Waals surface area contributed by atoms with Crippen LogP contribution < -0.4 is 4.74 Å². The average Bonchev–Trinajstić information content (AvgIpc) is 3.21. The van der Waals surface area contributed by atoms with Crippen LogP contribution in [0, 0.1) is 12.7 Å². The van der Waals surface area contributed by atoms with Crippen molar-refractivity contribution in [2.75, 3.05) is 6.54 Å². The van der Waals surface area contributed by atoms with E-state index in [4.69, 9.17) is 4.74 Å². The van der Waals surface area contributed by atoms with Crippen LogP contribution in [-0.2, 0) is 11.3 Å². The number of fused-ring (bicyclic) bond motifs is 1. The van der Waals surface area contributed by atoms with E-state index in [9.17, 15) is 14.0 Å². The number of benzene rings is 1. The van der Waals surface area contributed by atoms with Crippen LogP contribution in [0.25, 0.3) is 0 Å². The Labute approximate surface area is 203 Å². The smallest absolute Gasteiger partial charge is 0.259 e. The molecule has 2 aromatic heterocycles. The van der Waals surface area contributed by atoms with Gasteiger partial charge in [-0.3, -0.25) is 14.6 Å². The maximum atomic E-state index is 13.7. The second-order valence-electron chi connectivity index (χ2n) is 9.06. The predicted octanol–water partition coefficient (Wildman–Crippen LogP) is 4.51. The summed E-state index contributed by atoms with van der Waals surface area (Å²) in [5.41, 5.74) is 2.13. The van der Waals surface area contributed by atoms with Crippen molar-refractivity contribution in [3.8, 4) is 11.6 Å². The summed E-state index contributed by atoms with van der Waals surface area (Å²) in [6, 6.07) is 13.1. The highest BCUT2D eigenvalue weighted by atomic mass is 19.1. The van der Waals surface area contributed by atoms with Crippen molar-refractivity contribution in [2.45, 2.75) is 51.2 Å². The van der Waals surface area contributed by atoms with Crippen LogP contribution in [0.4, 0.5) is 4.39 Å². The number of likely N-dealkylation sites (tertiary alicyclic amines) is 2. The minimum atomic E-state index is -0.303. The number of halogens is 1. The summed E-state index contributed by atoms with van der Waals surface area (Å²) in [6.07, 6.45) is 5.80. The first kappa shape index (κ1) is 23.0. The average molecular weight is 475 g/mol. The Bertz CT molecular complexity index is 1220. The summed E-state index contributed by atoms with van der Waals surface area (Å²) in [5.74, 6) is 0.361. The number of ether oxygens (including phenoxy) is 1. The molecule has 35 heavy (non-hydrogen) atoms. The number of nitrogens with zero attached hydrogens (tertiary/aromatic N) is 4. The number of hydrogen-bond acceptors (Lipinski definition) is 5. The second kappa shape index (κ2) is 9.82. The van der Waals surface area contributed by atoms with Gasteiger partial charge in [0.2, 0.25) is 11.8 Å². The third-order valence-electron chi connectivity index (χ3n) is 6.75. The highest BCUT2D eigenvalue weighted by molar-refractivity contribution is 5.97. The molecule has 0 bridgehead atoms. The zero-order valence-electron chi connectivity index (χ0n) is 19.6. The van der Waals surface area contributed by atoms with Crippen molar-refractivity contribution in [3.63, 3.8) is 0 Å². The lowest BCUT2D eigenvalue weighted by atomic mass is 10.0. The van der Waals surface area contributed by atoms with E-state index in [1.54, 1.807) is 42.7 Å². The Hall–Kier alpha value is -3.81. The molecular formula is C27H27FN4O3. The van der Waals surface area contributed by atoms with Crippen molar-refractivity contribution in [3.05, 3.63) is 83.6 Å². The van der Waals surface area contributed by atoms with E-state index in [1.165, 1.54) is 12.1 Å². The topological polar surface area (TPSA) is 75.6 Å². The number of rotatable bonds is 5. The first-order valence-electron chi connectivity index (χ1n) is 11.9. The molecule has 0 spiro atoms. The molecule has 0 unspecified atom stereocenters. The van der Waals surface area contributed by atoms with Gasteiger partial charge in [0, 0.05) is 31.4 Å². The molecular weight excluding hydrogens is 447 g/mol. The van der Waals surface area contributed by atoms with E-state index in [2.05, 4.69) is 9.97 Å². The maximum absolute atomic E-state index is 13.7. The molecule has 0 aliphatic carbocycles. The number of amides is 2. The van der Waals surface area contributed by atoms with Gasteiger partial charge >= 0.3 is 0 Å². The summed E-state index contributed by atoms with van der Waals surface area (Å²) < 4.78 is 19.3. The largest absolute Gasteiger partial charge is 0.437 e. The van der Waals surface area contributed by atoms with Crippen LogP contribution in [0.3, 0.4) is 0 Å². The fraction of sp³-hybridized carbons (Fsp3) is 0.333. The Morgan fingerprint density at radius 1 is 1.09 bits per heavy atom. The van der Waals surface area contributed by atoms with Crippen molar-refractivity contribution in [1.82, 2.24) is 19.8 Å². The fourth-order valence-corrected chi connectivity index (χ4v) is 5.00. The van der Waals surface area contributed by atoms with Gasteiger partial charge < -0.3 is 14.5 Å². The zero-order chi connectivity index (χ0) is 24.4. The highest BCUT2D eigenvalue weighted by Crippen LogP contribution is 2.34. The van der Waals surface area contributed by atoms with Crippen molar-refractivity contribution < 1.29 is 18.7 Å². The molecule has 2 atom stereocenters. The summed E-state index contributed by atoms with van der Waals surface area (Å²) in [4.78, 5) is 39.0. The molecule has 5 rings (SSSR count). The minimum absolute atomic E-state index is 0.0772. The molecule has 2 aliphatic heterocycles. The summed E-state index contributed by atoms with van der Waals surface area (Å²) >= 11 is 0. The molecule has 0 saturated carbocycles. The molecule has 2 saturated heterocycles. The molecule has 1 aromatic carbocycles. The van der Waals surface area contributed by atoms with E-state index in [1.807, 2.05) is 22.8 Å². The second-order valence-corrected chi connectivity index (χ2v) is 9.06. The van der Waals surface area contributed by atoms with Crippen molar-refractivity contribution in [1.29, 1.82) is 0 Å². The highest BCUT2D eigenvalue weighted by Gasteiger charge is 2.43. The van der Waals surface area contributed by atoms with E-state index in [0.717, 1.165) is 24.1 Å². The van der Waals surface area contributed by atoms with Crippen LogP contribution in [0.15, 0.2) is 60.9 Å². The molecule has 3 aromatic rings. The lowest BCUT2D eigenvalue weighted by Gasteiger charge is -2.33. The molecule has 7 nitrogen and oxygen atoms in total. The molecule has 2 aliphatic rings. The number of carbonyl (C=O) groups excluding carboxylic acids is 2. The van der Waals surface area contributed by atoms with Gasteiger partial charge in [0.15, 0.2) is 0 Å². The van der Waals surface area contributed by atoms with E-state index in [0.29, 0.717) is 37.2 Å². The van der Waals surface area contributed by atoms with Crippen LogP contribution in [0.1, 0.15) is 47.3 Å². The van der Waals surface area contributed by atoms with Gasteiger partial charge in [-0.05, 0) is 68.1 Å². The van der Waals surface area contributed by atoms with Gasteiger partial charge in [0.25, 0.3) is 5.91 Å². The molecule has 2 fully saturated rings. The summed E-state index contributed by atoms with van der Waals surface area (Å²) in [6.45, 7) is 2.84. The monoisotopic (exact) mass is 474 g/mol. The number of carbonyl (C=O) groups is 2.